The highest BCUT2D eigenvalue weighted by Gasteiger charge is 2.24. The van der Waals surface area contributed by atoms with Gasteiger partial charge in [0, 0.05) is 7.11 Å². The number of nitrogen functional groups attached to an aromatic ring is 1. The van der Waals surface area contributed by atoms with E-state index in [1.54, 1.807) is 7.11 Å². The summed E-state index contributed by atoms with van der Waals surface area (Å²) >= 11 is 1.43. The van der Waals surface area contributed by atoms with E-state index in [-0.39, 0.29) is 5.95 Å². The van der Waals surface area contributed by atoms with Crippen LogP contribution in [0.15, 0.2) is 5.16 Å². The molecule has 0 radical (unpaired) electrons. The van der Waals surface area contributed by atoms with Crippen LogP contribution in [0.5, 0.6) is 0 Å². The van der Waals surface area contributed by atoms with Gasteiger partial charge in [-0.05, 0) is 20.1 Å². The van der Waals surface area contributed by atoms with Crippen LogP contribution >= 0.6 is 11.8 Å². The van der Waals surface area contributed by atoms with Crippen molar-refractivity contribution in [1.29, 1.82) is 0 Å². The lowest BCUT2D eigenvalue weighted by Gasteiger charge is -2.21. The van der Waals surface area contributed by atoms with Gasteiger partial charge in [0.05, 0.1) is 0 Å². The van der Waals surface area contributed by atoms with Gasteiger partial charge in [-0.3, -0.25) is 0 Å². The fourth-order valence-electron chi connectivity index (χ4n) is 0.824. The van der Waals surface area contributed by atoms with E-state index in [9.17, 15) is 0 Å². The van der Waals surface area contributed by atoms with Crippen LogP contribution in [0.2, 0.25) is 0 Å². The van der Waals surface area contributed by atoms with Crippen molar-refractivity contribution in [3.63, 3.8) is 0 Å². The predicted molar refractivity (Wildman–Crippen MR) is 56.1 cm³/mol. The third-order valence-corrected chi connectivity index (χ3v) is 2.41. The average molecular weight is 214 g/mol. The number of methoxy groups -OCH3 is 1. The number of aromatic nitrogens is 3. The summed E-state index contributed by atoms with van der Waals surface area (Å²) in [6.07, 6.45) is 1.89. The fourth-order valence-corrected chi connectivity index (χ4v) is 1.19. The quantitative estimate of drug-likeness (QED) is 0.758. The molecule has 0 aliphatic carbocycles. The fraction of sp³-hybridized carbons (Fsp3) is 0.625. The van der Waals surface area contributed by atoms with E-state index in [2.05, 4.69) is 15.0 Å². The van der Waals surface area contributed by atoms with Gasteiger partial charge in [0.15, 0.2) is 11.0 Å². The molecule has 0 aliphatic rings. The Morgan fingerprint density at radius 3 is 2.43 bits per heavy atom. The Morgan fingerprint density at radius 1 is 1.29 bits per heavy atom. The molecule has 0 fully saturated rings. The Balaban J connectivity index is 3.15. The first-order valence-electron chi connectivity index (χ1n) is 4.11. The smallest absolute Gasteiger partial charge is 0.224 e. The number of nitrogens with zero attached hydrogens (tertiary/aromatic N) is 3. The first-order chi connectivity index (χ1) is 6.49. The molecular formula is C8H14N4OS. The lowest BCUT2D eigenvalue weighted by Crippen LogP contribution is -2.24. The minimum absolute atomic E-state index is 0.226. The standard InChI is InChI=1S/C8H14N4OS/c1-8(2,13-3)5-10-6(9)12-7(11-5)14-4/h1-4H3,(H2,9,10,11,12). The molecule has 1 rings (SSSR count). The van der Waals surface area contributed by atoms with Crippen molar-refractivity contribution >= 4 is 17.7 Å². The number of hydrogen-bond acceptors (Lipinski definition) is 6. The lowest BCUT2D eigenvalue weighted by molar-refractivity contribution is 0.0108. The summed E-state index contributed by atoms with van der Waals surface area (Å²) in [6, 6.07) is 0. The molecule has 0 saturated heterocycles. The van der Waals surface area contributed by atoms with E-state index in [1.165, 1.54) is 11.8 Å². The maximum atomic E-state index is 5.56. The molecule has 14 heavy (non-hydrogen) atoms. The molecule has 0 aliphatic heterocycles. The van der Waals surface area contributed by atoms with Crippen molar-refractivity contribution in [3.05, 3.63) is 5.82 Å². The second-order valence-corrected chi connectivity index (χ2v) is 3.99. The van der Waals surface area contributed by atoms with Crippen molar-refractivity contribution in [2.24, 2.45) is 0 Å². The number of ether oxygens (including phenoxy) is 1. The zero-order chi connectivity index (χ0) is 10.8. The molecule has 0 saturated carbocycles. The summed E-state index contributed by atoms with van der Waals surface area (Å²) < 4.78 is 5.26. The lowest BCUT2D eigenvalue weighted by atomic mass is 10.1. The van der Waals surface area contributed by atoms with Gasteiger partial charge < -0.3 is 10.5 Å². The normalized spacial score (nSPS) is 11.7. The van der Waals surface area contributed by atoms with Gasteiger partial charge >= 0.3 is 0 Å². The van der Waals surface area contributed by atoms with Gasteiger partial charge in [0.25, 0.3) is 0 Å². The summed E-state index contributed by atoms with van der Waals surface area (Å²) in [5.41, 5.74) is 5.02. The molecule has 2 N–H and O–H groups in total. The van der Waals surface area contributed by atoms with Crippen molar-refractivity contribution in [1.82, 2.24) is 15.0 Å². The highest BCUT2D eigenvalue weighted by molar-refractivity contribution is 7.98. The van der Waals surface area contributed by atoms with Crippen LogP contribution in [0.4, 0.5) is 5.95 Å². The van der Waals surface area contributed by atoms with E-state index in [0.29, 0.717) is 11.0 Å². The Labute approximate surface area is 87.5 Å². The van der Waals surface area contributed by atoms with E-state index >= 15 is 0 Å². The molecule has 0 spiro atoms. The van der Waals surface area contributed by atoms with Crippen molar-refractivity contribution in [3.8, 4) is 0 Å². The number of rotatable bonds is 3. The number of anilines is 1. The molecule has 1 aromatic rings. The van der Waals surface area contributed by atoms with Crippen LogP contribution in [-0.4, -0.2) is 28.3 Å². The van der Waals surface area contributed by atoms with Gasteiger partial charge in [-0.1, -0.05) is 11.8 Å². The molecular weight excluding hydrogens is 200 g/mol. The molecule has 0 amide bonds. The molecule has 0 unspecified atom stereocenters. The van der Waals surface area contributed by atoms with Gasteiger partial charge in [0.2, 0.25) is 5.95 Å². The topological polar surface area (TPSA) is 73.9 Å². The predicted octanol–water partition coefficient (Wildman–Crippen LogP) is 1.06. The molecule has 5 nitrogen and oxygen atoms in total. The Morgan fingerprint density at radius 2 is 1.93 bits per heavy atom. The zero-order valence-corrected chi connectivity index (χ0v) is 9.55. The first-order valence-corrected chi connectivity index (χ1v) is 5.33. The molecule has 1 aromatic heterocycles. The third kappa shape index (κ3) is 2.33. The van der Waals surface area contributed by atoms with Crippen molar-refractivity contribution in [2.45, 2.75) is 24.6 Å². The SMILES string of the molecule is COC(C)(C)c1nc(N)nc(SC)n1. The number of hydrogen-bond donors (Lipinski definition) is 1. The zero-order valence-electron chi connectivity index (χ0n) is 8.74. The van der Waals surface area contributed by atoms with E-state index in [1.807, 2.05) is 20.1 Å². The summed E-state index contributed by atoms with van der Waals surface area (Å²) in [5.74, 6) is 0.779. The van der Waals surface area contributed by atoms with Crippen molar-refractivity contribution in [2.75, 3.05) is 19.1 Å². The maximum absolute atomic E-state index is 5.56. The van der Waals surface area contributed by atoms with E-state index in [0.717, 1.165) is 0 Å². The molecule has 1 heterocycles. The van der Waals surface area contributed by atoms with Crippen LogP contribution in [0.3, 0.4) is 0 Å². The van der Waals surface area contributed by atoms with Crippen LogP contribution < -0.4 is 5.73 Å². The van der Waals surface area contributed by atoms with Crippen LogP contribution in [0.25, 0.3) is 0 Å². The summed E-state index contributed by atoms with van der Waals surface area (Å²) in [6.45, 7) is 3.76. The summed E-state index contributed by atoms with van der Waals surface area (Å²) in [5, 5.41) is 0.609. The number of thioether (sulfide) groups is 1. The molecule has 6 heteroatoms. The molecule has 0 aromatic carbocycles. The Kier molecular flexibility index (Phi) is 3.28. The Bertz CT molecular complexity index is 329. The second kappa shape index (κ2) is 4.10. The first kappa shape index (κ1) is 11.2. The molecule has 0 bridgehead atoms. The summed E-state index contributed by atoms with van der Waals surface area (Å²) in [7, 11) is 1.61. The van der Waals surface area contributed by atoms with Crippen LogP contribution in [0, 0.1) is 0 Å². The van der Waals surface area contributed by atoms with Crippen molar-refractivity contribution < 1.29 is 4.74 Å². The van der Waals surface area contributed by atoms with Gasteiger partial charge in [-0.25, -0.2) is 4.98 Å². The highest BCUT2D eigenvalue weighted by Crippen LogP contribution is 2.22. The van der Waals surface area contributed by atoms with Gasteiger partial charge in [-0.15, -0.1) is 0 Å². The second-order valence-electron chi connectivity index (χ2n) is 3.22. The third-order valence-electron chi connectivity index (χ3n) is 1.86. The van der Waals surface area contributed by atoms with Gasteiger partial charge in [0.1, 0.15) is 5.60 Å². The van der Waals surface area contributed by atoms with Crippen LogP contribution in [-0.2, 0) is 10.3 Å². The summed E-state index contributed by atoms with van der Waals surface area (Å²) in [4.78, 5) is 12.2. The van der Waals surface area contributed by atoms with Crippen LogP contribution in [0.1, 0.15) is 19.7 Å². The largest absolute Gasteiger partial charge is 0.371 e. The van der Waals surface area contributed by atoms with E-state index < -0.39 is 5.60 Å². The minimum Gasteiger partial charge on any atom is -0.371 e. The van der Waals surface area contributed by atoms with Gasteiger partial charge in [-0.2, -0.15) is 9.97 Å². The Hall–Kier alpha value is -0.880. The molecule has 0 atom stereocenters. The average Bonchev–Trinajstić information content (AvgIpc) is 2.16. The number of nitrogens with two attached hydrogens (primary N) is 1. The molecule has 78 valence electrons. The maximum Gasteiger partial charge on any atom is 0.224 e. The highest BCUT2D eigenvalue weighted by atomic mass is 32.2. The monoisotopic (exact) mass is 214 g/mol. The van der Waals surface area contributed by atoms with E-state index in [4.69, 9.17) is 10.5 Å². The minimum atomic E-state index is -0.540.